The first-order valence-electron chi connectivity index (χ1n) is 8.13. The fourth-order valence-corrected chi connectivity index (χ4v) is 3.49. The number of hydrazine groups is 1. The number of anilines is 1. The molecule has 0 radical (unpaired) electrons. The first-order valence-corrected chi connectivity index (χ1v) is 8.13. The standard InChI is InChI=1S/C19H18N4O/c1-14-6-8-16(9-7-14)18-21-10-3-11-22(21)19(24)23(18)17-5-2-4-15(12-17)13-20/h2,4-9,12,18H,3,10-11H2,1H3/t18-/m1/s1. The molecule has 0 aliphatic carbocycles. The van der Waals surface area contributed by atoms with Gasteiger partial charge < -0.3 is 0 Å². The minimum absolute atomic E-state index is 0.0202. The van der Waals surface area contributed by atoms with Crippen molar-refractivity contribution in [2.45, 2.75) is 19.5 Å². The lowest BCUT2D eigenvalue weighted by atomic mass is 10.1. The van der Waals surface area contributed by atoms with Gasteiger partial charge in [-0.15, -0.1) is 0 Å². The van der Waals surface area contributed by atoms with Crippen LogP contribution in [-0.4, -0.2) is 29.1 Å². The van der Waals surface area contributed by atoms with Crippen LogP contribution in [0.1, 0.15) is 29.3 Å². The summed E-state index contributed by atoms with van der Waals surface area (Å²) in [6.45, 7) is 3.66. The molecule has 2 aromatic rings. The van der Waals surface area contributed by atoms with Crippen LogP contribution >= 0.6 is 0 Å². The lowest BCUT2D eigenvalue weighted by Gasteiger charge is -2.28. The quantitative estimate of drug-likeness (QED) is 0.852. The molecule has 2 heterocycles. The van der Waals surface area contributed by atoms with Crippen molar-refractivity contribution in [2.24, 2.45) is 0 Å². The van der Waals surface area contributed by atoms with E-state index in [0.29, 0.717) is 5.56 Å². The molecule has 2 aromatic carbocycles. The van der Waals surface area contributed by atoms with Crippen molar-refractivity contribution >= 4 is 11.7 Å². The molecule has 0 spiro atoms. The fraction of sp³-hybridized carbons (Fsp3) is 0.263. The second-order valence-electron chi connectivity index (χ2n) is 6.24. The maximum atomic E-state index is 13.0. The van der Waals surface area contributed by atoms with Gasteiger partial charge in [0.15, 0.2) is 0 Å². The molecule has 2 fully saturated rings. The number of nitrogens with zero attached hydrogens (tertiary/aromatic N) is 4. The highest BCUT2D eigenvalue weighted by Gasteiger charge is 2.47. The number of urea groups is 1. The molecular formula is C19H18N4O. The van der Waals surface area contributed by atoms with Gasteiger partial charge in [0, 0.05) is 18.8 Å². The van der Waals surface area contributed by atoms with Crippen LogP contribution in [0, 0.1) is 18.3 Å². The van der Waals surface area contributed by atoms with Crippen molar-refractivity contribution in [3.8, 4) is 6.07 Å². The predicted octanol–water partition coefficient (Wildman–Crippen LogP) is 3.43. The van der Waals surface area contributed by atoms with Gasteiger partial charge >= 0.3 is 6.03 Å². The highest BCUT2D eigenvalue weighted by atomic mass is 16.2. The van der Waals surface area contributed by atoms with Crippen LogP contribution in [0.5, 0.6) is 0 Å². The average molecular weight is 318 g/mol. The zero-order valence-electron chi connectivity index (χ0n) is 13.5. The van der Waals surface area contributed by atoms with Crippen molar-refractivity contribution in [3.63, 3.8) is 0 Å². The third kappa shape index (κ3) is 2.24. The maximum absolute atomic E-state index is 13.0. The molecule has 1 atom stereocenters. The van der Waals surface area contributed by atoms with Gasteiger partial charge in [0.1, 0.15) is 6.17 Å². The molecule has 0 saturated carbocycles. The second kappa shape index (κ2) is 5.66. The molecule has 2 saturated heterocycles. The first kappa shape index (κ1) is 14.7. The van der Waals surface area contributed by atoms with Crippen molar-refractivity contribution in [3.05, 3.63) is 65.2 Å². The molecule has 2 amide bonds. The van der Waals surface area contributed by atoms with E-state index in [1.54, 1.807) is 17.0 Å². The fourth-order valence-electron chi connectivity index (χ4n) is 3.49. The van der Waals surface area contributed by atoms with Crippen molar-refractivity contribution in [2.75, 3.05) is 18.0 Å². The summed E-state index contributed by atoms with van der Waals surface area (Å²) in [6, 6.07) is 17.7. The lowest BCUT2D eigenvalue weighted by molar-refractivity contribution is 0.0728. The zero-order chi connectivity index (χ0) is 16.7. The molecule has 0 unspecified atom stereocenters. The van der Waals surface area contributed by atoms with E-state index in [4.69, 9.17) is 0 Å². The van der Waals surface area contributed by atoms with Crippen LogP contribution in [0.25, 0.3) is 0 Å². The summed E-state index contributed by atoms with van der Waals surface area (Å²) in [6.07, 6.45) is 0.828. The zero-order valence-corrected chi connectivity index (χ0v) is 13.5. The van der Waals surface area contributed by atoms with Crippen LogP contribution in [0.4, 0.5) is 10.5 Å². The second-order valence-corrected chi connectivity index (χ2v) is 6.24. The Bertz CT molecular complexity index is 824. The number of aryl methyl sites for hydroxylation is 1. The molecule has 120 valence electrons. The van der Waals surface area contributed by atoms with Crippen LogP contribution in [-0.2, 0) is 0 Å². The van der Waals surface area contributed by atoms with Crippen LogP contribution < -0.4 is 4.90 Å². The Morgan fingerprint density at radius 2 is 1.92 bits per heavy atom. The highest BCUT2D eigenvalue weighted by Crippen LogP contribution is 2.40. The SMILES string of the molecule is Cc1ccc([C@H]2N(c3cccc(C#N)c3)C(=O)N3CCCN23)cc1. The molecule has 0 bridgehead atoms. The lowest BCUT2D eigenvalue weighted by Crippen LogP contribution is -2.32. The van der Waals surface area contributed by atoms with Gasteiger partial charge in [-0.3, -0.25) is 9.91 Å². The molecule has 0 N–H and O–H groups in total. The van der Waals surface area contributed by atoms with Crippen molar-refractivity contribution in [1.82, 2.24) is 10.0 Å². The van der Waals surface area contributed by atoms with Crippen molar-refractivity contribution < 1.29 is 4.79 Å². The van der Waals surface area contributed by atoms with Crippen LogP contribution in [0.2, 0.25) is 0 Å². The van der Waals surface area contributed by atoms with Gasteiger partial charge in [-0.1, -0.05) is 35.9 Å². The van der Waals surface area contributed by atoms with E-state index < -0.39 is 0 Å². The van der Waals surface area contributed by atoms with Crippen molar-refractivity contribution in [1.29, 1.82) is 5.26 Å². The first-order chi connectivity index (χ1) is 11.7. The molecular weight excluding hydrogens is 300 g/mol. The summed E-state index contributed by atoms with van der Waals surface area (Å²) in [7, 11) is 0. The number of benzene rings is 2. The van der Waals surface area contributed by atoms with Crippen LogP contribution in [0.3, 0.4) is 0 Å². The number of carbonyl (C=O) groups excluding carboxylic acids is 1. The minimum atomic E-state index is -0.158. The monoisotopic (exact) mass is 318 g/mol. The summed E-state index contributed by atoms with van der Waals surface area (Å²) < 4.78 is 0. The normalized spacial score (nSPS) is 20.3. The van der Waals surface area contributed by atoms with E-state index in [1.807, 2.05) is 17.1 Å². The summed E-state index contributed by atoms with van der Waals surface area (Å²) in [5, 5.41) is 13.1. The Balaban J connectivity index is 1.81. The van der Waals surface area contributed by atoms with Gasteiger partial charge in [-0.2, -0.15) is 10.3 Å². The predicted molar refractivity (Wildman–Crippen MR) is 91.0 cm³/mol. The minimum Gasteiger partial charge on any atom is -0.271 e. The Morgan fingerprint density at radius 1 is 1.12 bits per heavy atom. The third-order valence-corrected chi connectivity index (χ3v) is 4.65. The largest absolute Gasteiger partial charge is 0.340 e. The number of hydrogen-bond donors (Lipinski definition) is 0. The summed E-state index contributed by atoms with van der Waals surface area (Å²) in [5.74, 6) is 0. The van der Waals surface area contributed by atoms with Gasteiger partial charge in [0.25, 0.3) is 0 Å². The molecule has 4 rings (SSSR count). The van der Waals surface area contributed by atoms with Gasteiger partial charge in [0.2, 0.25) is 0 Å². The van der Waals surface area contributed by atoms with E-state index in [-0.39, 0.29) is 12.2 Å². The van der Waals surface area contributed by atoms with Gasteiger partial charge in [0.05, 0.1) is 11.6 Å². The molecule has 2 aliphatic rings. The molecule has 0 aromatic heterocycles. The van der Waals surface area contributed by atoms with E-state index in [1.165, 1.54) is 5.56 Å². The van der Waals surface area contributed by atoms with Crippen LogP contribution in [0.15, 0.2) is 48.5 Å². The number of hydrogen-bond acceptors (Lipinski definition) is 3. The Kier molecular flexibility index (Phi) is 3.47. The molecule has 5 heteroatoms. The summed E-state index contributed by atoms with van der Waals surface area (Å²) in [4.78, 5) is 14.8. The Morgan fingerprint density at radius 3 is 2.67 bits per heavy atom. The maximum Gasteiger partial charge on any atom is 0.340 e. The Labute approximate surface area is 141 Å². The summed E-state index contributed by atoms with van der Waals surface area (Å²) >= 11 is 0. The molecule has 5 nitrogen and oxygen atoms in total. The topological polar surface area (TPSA) is 50.6 Å². The number of amides is 2. The van der Waals surface area contributed by atoms with E-state index in [2.05, 4.69) is 42.3 Å². The summed E-state index contributed by atoms with van der Waals surface area (Å²) in [5.41, 5.74) is 3.60. The Hall–Kier alpha value is -2.84. The van der Waals surface area contributed by atoms with E-state index >= 15 is 0 Å². The molecule has 2 aliphatic heterocycles. The number of nitriles is 1. The number of rotatable bonds is 2. The third-order valence-electron chi connectivity index (χ3n) is 4.65. The number of carbonyl (C=O) groups is 1. The highest BCUT2D eigenvalue weighted by molar-refractivity contribution is 5.94. The van der Waals surface area contributed by atoms with E-state index in [9.17, 15) is 10.1 Å². The molecule has 24 heavy (non-hydrogen) atoms. The van der Waals surface area contributed by atoms with Gasteiger partial charge in [-0.05, 0) is 37.1 Å². The van der Waals surface area contributed by atoms with Gasteiger partial charge in [-0.25, -0.2) is 4.79 Å². The van der Waals surface area contributed by atoms with E-state index in [0.717, 1.165) is 30.8 Å². The smallest absolute Gasteiger partial charge is 0.271 e. The number of fused-ring (bicyclic) bond motifs is 1. The average Bonchev–Trinajstić information content (AvgIpc) is 3.18.